The number of nitrogens with two attached hydrogens (primary N) is 1. The number of thiophene rings is 1. The monoisotopic (exact) mass is 372 g/mol. The molecule has 0 radical (unpaired) electrons. The van der Waals surface area contributed by atoms with Crippen molar-refractivity contribution in [3.05, 3.63) is 69.9 Å². The van der Waals surface area contributed by atoms with Crippen LogP contribution in [0.5, 0.6) is 0 Å². The van der Waals surface area contributed by atoms with Crippen molar-refractivity contribution in [2.75, 3.05) is 11.9 Å². The normalized spacial score (nSPS) is 16.5. The van der Waals surface area contributed by atoms with E-state index in [0.29, 0.717) is 0 Å². The van der Waals surface area contributed by atoms with Crippen LogP contribution in [-0.4, -0.2) is 6.54 Å². The molecule has 0 unspecified atom stereocenters. The molecule has 2 aliphatic rings. The molecular weight excluding hydrogens is 348 g/mol. The minimum absolute atomic E-state index is 0.236. The van der Waals surface area contributed by atoms with Gasteiger partial charge in [-0.15, -0.1) is 11.3 Å². The smallest absolute Gasteiger partial charge is 0.0578 e. The minimum Gasteiger partial charge on any atom is -0.354 e. The number of anilines is 1. The second kappa shape index (κ2) is 5.82. The van der Waals surface area contributed by atoms with Crippen molar-refractivity contribution >= 4 is 22.7 Å². The van der Waals surface area contributed by atoms with Gasteiger partial charge in [-0.2, -0.15) is 0 Å². The van der Waals surface area contributed by atoms with Gasteiger partial charge < -0.3 is 11.1 Å². The van der Waals surface area contributed by atoms with Crippen molar-refractivity contribution in [2.45, 2.75) is 32.1 Å². The molecule has 0 spiro atoms. The summed E-state index contributed by atoms with van der Waals surface area (Å²) in [5.41, 5.74) is 17.6. The maximum Gasteiger partial charge on any atom is 0.0578 e. The molecule has 0 amide bonds. The highest BCUT2D eigenvalue weighted by atomic mass is 32.1. The largest absolute Gasteiger partial charge is 0.354 e. The van der Waals surface area contributed by atoms with E-state index >= 15 is 0 Å². The van der Waals surface area contributed by atoms with E-state index in [0.717, 1.165) is 12.2 Å². The topological polar surface area (TPSA) is 38.0 Å². The van der Waals surface area contributed by atoms with Gasteiger partial charge in [0, 0.05) is 28.8 Å². The lowest BCUT2D eigenvalue weighted by molar-refractivity contribution is 0.705. The van der Waals surface area contributed by atoms with E-state index in [-0.39, 0.29) is 5.41 Å². The Kier molecular flexibility index (Phi) is 3.62. The SMILES string of the molecule is C=C1Nc2c(C)cc(C)c(-c3ccc(C4(CN)CC4)cc3)c2-c2ccsc21. The molecule has 2 nitrogen and oxygen atoms in total. The van der Waals surface area contributed by atoms with Crippen LogP contribution in [0.25, 0.3) is 28.0 Å². The molecule has 0 bridgehead atoms. The van der Waals surface area contributed by atoms with Crippen LogP contribution < -0.4 is 11.1 Å². The zero-order valence-corrected chi connectivity index (χ0v) is 16.7. The van der Waals surface area contributed by atoms with Gasteiger partial charge in [0.1, 0.15) is 0 Å². The summed E-state index contributed by atoms with van der Waals surface area (Å²) in [4.78, 5) is 1.24. The van der Waals surface area contributed by atoms with E-state index in [1.165, 1.54) is 62.4 Å². The number of benzene rings is 2. The van der Waals surface area contributed by atoms with Gasteiger partial charge in [0.25, 0.3) is 0 Å². The van der Waals surface area contributed by atoms with Crippen LogP contribution >= 0.6 is 11.3 Å². The standard InChI is InChI=1S/C24H24N2S/c1-14-12-15(2)22-21(19-8-11-27-23(19)16(3)26-22)20(14)17-4-6-18(7-5-17)24(13-25)9-10-24/h4-8,11-12,26H,3,9-10,13,25H2,1-2H3. The summed E-state index contributed by atoms with van der Waals surface area (Å²) < 4.78 is 0. The first-order chi connectivity index (χ1) is 13.0. The highest BCUT2D eigenvalue weighted by Crippen LogP contribution is 2.51. The summed E-state index contributed by atoms with van der Waals surface area (Å²) in [6.45, 7) is 9.37. The highest BCUT2D eigenvalue weighted by molar-refractivity contribution is 7.11. The molecule has 2 heterocycles. The average Bonchev–Trinajstić information content (AvgIpc) is 3.31. The summed E-state index contributed by atoms with van der Waals surface area (Å²) in [7, 11) is 0. The van der Waals surface area contributed by atoms with E-state index in [1.54, 1.807) is 11.3 Å². The van der Waals surface area contributed by atoms with Crippen LogP contribution in [0.15, 0.2) is 48.4 Å². The molecule has 2 aromatic carbocycles. The third-order valence-electron chi connectivity index (χ3n) is 6.24. The quantitative estimate of drug-likeness (QED) is 0.584. The molecule has 136 valence electrons. The summed E-state index contributed by atoms with van der Waals surface area (Å²) >= 11 is 1.75. The van der Waals surface area contributed by atoms with Crippen molar-refractivity contribution < 1.29 is 0 Å². The zero-order valence-electron chi connectivity index (χ0n) is 15.9. The van der Waals surface area contributed by atoms with Crippen LogP contribution in [0.3, 0.4) is 0 Å². The molecular formula is C24H24N2S. The second-order valence-electron chi connectivity index (χ2n) is 7.96. The number of hydrogen-bond donors (Lipinski definition) is 2. The number of nitrogens with one attached hydrogen (secondary N) is 1. The summed E-state index contributed by atoms with van der Waals surface area (Å²) in [5, 5.41) is 5.72. The van der Waals surface area contributed by atoms with Crippen molar-refractivity contribution in [2.24, 2.45) is 5.73 Å². The number of rotatable bonds is 3. The molecule has 3 N–H and O–H groups in total. The lowest BCUT2D eigenvalue weighted by Gasteiger charge is -2.27. The third-order valence-corrected chi connectivity index (χ3v) is 7.21. The van der Waals surface area contributed by atoms with E-state index in [9.17, 15) is 0 Å². The van der Waals surface area contributed by atoms with Crippen LogP contribution in [0.1, 0.15) is 34.4 Å². The van der Waals surface area contributed by atoms with Crippen LogP contribution in [0.4, 0.5) is 5.69 Å². The Morgan fingerprint density at radius 2 is 1.81 bits per heavy atom. The molecule has 1 aromatic heterocycles. The predicted octanol–water partition coefficient (Wildman–Crippen LogP) is 6.09. The van der Waals surface area contributed by atoms with Gasteiger partial charge >= 0.3 is 0 Å². The molecule has 1 fully saturated rings. The Bertz CT molecular complexity index is 1070. The van der Waals surface area contributed by atoms with Gasteiger partial charge in [0.2, 0.25) is 0 Å². The summed E-state index contributed by atoms with van der Waals surface area (Å²) in [6, 6.07) is 13.6. The Balaban J connectivity index is 1.71. The second-order valence-corrected chi connectivity index (χ2v) is 8.88. The van der Waals surface area contributed by atoms with E-state index in [4.69, 9.17) is 5.73 Å². The molecule has 3 heteroatoms. The lowest BCUT2D eigenvalue weighted by Crippen LogP contribution is -2.19. The van der Waals surface area contributed by atoms with Gasteiger partial charge in [-0.1, -0.05) is 36.9 Å². The highest BCUT2D eigenvalue weighted by Gasteiger charge is 2.42. The van der Waals surface area contributed by atoms with Gasteiger partial charge in [-0.25, -0.2) is 0 Å². The number of aryl methyl sites for hydroxylation is 2. The van der Waals surface area contributed by atoms with Gasteiger partial charge in [-0.3, -0.25) is 0 Å². The first-order valence-corrected chi connectivity index (χ1v) is 10.4. The van der Waals surface area contributed by atoms with Crippen LogP contribution in [-0.2, 0) is 5.41 Å². The summed E-state index contributed by atoms with van der Waals surface area (Å²) in [5.74, 6) is 0. The van der Waals surface area contributed by atoms with Gasteiger partial charge in [-0.05, 0) is 66.0 Å². The first-order valence-electron chi connectivity index (χ1n) is 9.53. The molecule has 1 aliphatic carbocycles. The number of hydrogen-bond acceptors (Lipinski definition) is 3. The van der Waals surface area contributed by atoms with E-state index in [2.05, 4.69) is 67.5 Å². The van der Waals surface area contributed by atoms with E-state index < -0.39 is 0 Å². The minimum atomic E-state index is 0.236. The number of fused-ring (bicyclic) bond motifs is 3. The molecule has 5 rings (SSSR count). The van der Waals surface area contributed by atoms with Gasteiger partial charge in [0.15, 0.2) is 0 Å². The zero-order chi connectivity index (χ0) is 18.8. The van der Waals surface area contributed by atoms with E-state index in [1.807, 2.05) is 0 Å². The maximum absolute atomic E-state index is 6.02. The van der Waals surface area contributed by atoms with Gasteiger partial charge in [0.05, 0.1) is 10.6 Å². The maximum atomic E-state index is 6.02. The molecule has 27 heavy (non-hydrogen) atoms. The van der Waals surface area contributed by atoms with Crippen molar-refractivity contribution in [3.8, 4) is 22.3 Å². The first kappa shape index (κ1) is 16.8. The lowest BCUT2D eigenvalue weighted by atomic mass is 9.85. The fourth-order valence-corrected chi connectivity index (χ4v) is 5.32. The van der Waals surface area contributed by atoms with Crippen LogP contribution in [0.2, 0.25) is 0 Å². The van der Waals surface area contributed by atoms with Crippen molar-refractivity contribution in [1.29, 1.82) is 0 Å². The molecule has 1 aliphatic heterocycles. The van der Waals surface area contributed by atoms with Crippen molar-refractivity contribution in [3.63, 3.8) is 0 Å². The fourth-order valence-electron chi connectivity index (χ4n) is 4.49. The summed E-state index contributed by atoms with van der Waals surface area (Å²) in [6.07, 6.45) is 2.43. The fraction of sp³-hybridized carbons (Fsp3) is 0.250. The Labute approximate surface area is 164 Å². The molecule has 0 saturated heterocycles. The molecule has 1 saturated carbocycles. The third kappa shape index (κ3) is 2.42. The van der Waals surface area contributed by atoms with Crippen LogP contribution in [0, 0.1) is 13.8 Å². The Hall–Kier alpha value is -2.36. The predicted molar refractivity (Wildman–Crippen MR) is 117 cm³/mol. The average molecular weight is 373 g/mol. The van der Waals surface area contributed by atoms with Crippen molar-refractivity contribution in [1.82, 2.24) is 0 Å². The Morgan fingerprint density at radius 3 is 2.48 bits per heavy atom. The Morgan fingerprint density at radius 1 is 1.07 bits per heavy atom. The molecule has 3 aromatic rings. The molecule has 0 atom stereocenters.